The average molecular weight is 481 g/mol. The summed E-state index contributed by atoms with van der Waals surface area (Å²) in [5, 5.41) is 0.192. The Labute approximate surface area is 200 Å². The fourth-order valence-corrected chi connectivity index (χ4v) is 3.97. The van der Waals surface area contributed by atoms with Gasteiger partial charge in [-0.15, -0.1) is 0 Å². The van der Waals surface area contributed by atoms with E-state index in [1.807, 2.05) is 41.1 Å². The van der Waals surface area contributed by atoms with E-state index in [0.29, 0.717) is 23.7 Å². The topological polar surface area (TPSA) is 87.4 Å². The summed E-state index contributed by atoms with van der Waals surface area (Å²) < 4.78 is 23.7. The molecule has 34 heavy (non-hydrogen) atoms. The van der Waals surface area contributed by atoms with Crippen molar-refractivity contribution >= 4 is 23.5 Å². The van der Waals surface area contributed by atoms with Crippen LogP contribution < -0.4 is 14.2 Å². The number of aliphatic imine (C=N–C) groups is 1. The maximum atomic E-state index is 12.5. The van der Waals surface area contributed by atoms with Crippen molar-refractivity contribution in [2.45, 2.75) is 12.6 Å². The van der Waals surface area contributed by atoms with E-state index in [2.05, 4.69) is 4.98 Å². The first-order chi connectivity index (χ1) is 16.5. The van der Waals surface area contributed by atoms with Crippen molar-refractivity contribution in [2.75, 3.05) is 21.0 Å². The molecule has 10 heteroatoms. The zero-order chi connectivity index (χ0) is 23.7. The van der Waals surface area contributed by atoms with Crippen molar-refractivity contribution in [3.8, 4) is 22.9 Å². The zero-order valence-electron chi connectivity index (χ0n) is 18.5. The summed E-state index contributed by atoms with van der Waals surface area (Å²) in [5.74, 6) is 1.35. The van der Waals surface area contributed by atoms with Crippen LogP contribution in [0.1, 0.15) is 5.56 Å². The quantitative estimate of drug-likeness (QED) is 0.408. The maximum absolute atomic E-state index is 12.5. The first-order valence-corrected chi connectivity index (χ1v) is 10.8. The van der Waals surface area contributed by atoms with Gasteiger partial charge < -0.3 is 28.4 Å². The van der Waals surface area contributed by atoms with Gasteiger partial charge in [-0.05, 0) is 42.0 Å². The highest BCUT2D eigenvalue weighted by molar-refractivity contribution is 6.36. The molecule has 0 aliphatic carbocycles. The van der Waals surface area contributed by atoms with Crippen molar-refractivity contribution < 1.29 is 23.7 Å². The molecule has 1 aromatic heterocycles. The van der Waals surface area contributed by atoms with Gasteiger partial charge in [0.15, 0.2) is 17.1 Å². The van der Waals surface area contributed by atoms with Gasteiger partial charge in [0.1, 0.15) is 17.1 Å². The summed E-state index contributed by atoms with van der Waals surface area (Å²) >= 11 is 6.60. The van der Waals surface area contributed by atoms with Crippen LogP contribution in [0, 0.1) is 0 Å². The summed E-state index contributed by atoms with van der Waals surface area (Å²) in [6, 6.07) is 13.0. The number of hydrogen-bond donors (Lipinski definition) is 0. The van der Waals surface area contributed by atoms with Crippen LogP contribution in [0.25, 0.3) is 5.69 Å². The Bertz CT molecular complexity index is 1270. The van der Waals surface area contributed by atoms with E-state index < -0.39 is 12.1 Å². The van der Waals surface area contributed by atoms with Gasteiger partial charge in [0, 0.05) is 31.5 Å². The molecule has 0 saturated heterocycles. The van der Waals surface area contributed by atoms with E-state index in [1.165, 1.54) is 7.11 Å². The molecular weight excluding hydrogens is 460 g/mol. The Morgan fingerprint density at radius 1 is 1.18 bits per heavy atom. The fraction of sp³-hybridized carbons (Fsp3) is 0.208. The monoisotopic (exact) mass is 480 g/mol. The summed E-state index contributed by atoms with van der Waals surface area (Å²) in [6.07, 6.45) is 5.34. The number of nitrogens with zero attached hydrogens (tertiary/aromatic N) is 4. The SMILES string of the molecule is COC(=O)C1=C(Cl)N(C)C(Cc2ccc3c(c2)OCO3)N=C1Oc1ccc(-n2ccnc2)cc1. The number of likely N-dealkylation sites (N-methyl/N-ethyl adjacent to an activating group) is 1. The molecule has 0 amide bonds. The molecule has 2 aliphatic heterocycles. The van der Waals surface area contributed by atoms with Gasteiger partial charge in [-0.25, -0.2) is 14.8 Å². The molecule has 0 saturated carbocycles. The lowest BCUT2D eigenvalue weighted by molar-refractivity contribution is -0.135. The molecule has 2 aromatic carbocycles. The van der Waals surface area contributed by atoms with Gasteiger partial charge >= 0.3 is 5.97 Å². The second kappa shape index (κ2) is 9.11. The number of rotatable bonds is 5. The normalized spacial score (nSPS) is 17.0. The summed E-state index contributed by atoms with van der Waals surface area (Å²) in [7, 11) is 3.05. The standard InChI is InChI=1S/C24H21ClN4O5/c1-28-20(12-15-3-8-18-19(11-15)33-14-32-18)27-23(21(22(28)25)24(30)31-2)34-17-6-4-16(5-7-17)29-10-9-26-13-29/h3-11,13,20H,12,14H2,1-2H3. The van der Waals surface area contributed by atoms with E-state index in [0.717, 1.165) is 11.3 Å². The molecule has 5 rings (SSSR count). The third-order valence-corrected chi connectivity index (χ3v) is 6.00. The predicted molar refractivity (Wildman–Crippen MR) is 124 cm³/mol. The number of benzene rings is 2. The van der Waals surface area contributed by atoms with Crippen molar-refractivity contribution in [1.82, 2.24) is 14.5 Å². The van der Waals surface area contributed by atoms with Gasteiger partial charge in [-0.3, -0.25) is 0 Å². The molecule has 2 aliphatic rings. The predicted octanol–water partition coefficient (Wildman–Crippen LogP) is 3.52. The maximum Gasteiger partial charge on any atom is 0.346 e. The molecule has 1 unspecified atom stereocenters. The lowest BCUT2D eigenvalue weighted by Crippen LogP contribution is -2.39. The Hall–Kier alpha value is -3.98. The Morgan fingerprint density at radius 3 is 2.71 bits per heavy atom. The number of fused-ring (bicyclic) bond motifs is 1. The second-order valence-electron chi connectivity index (χ2n) is 7.64. The number of aromatic nitrogens is 2. The minimum absolute atomic E-state index is 0.0623. The van der Waals surface area contributed by atoms with Gasteiger partial charge in [0.05, 0.1) is 13.4 Å². The van der Waals surface area contributed by atoms with Crippen molar-refractivity contribution in [2.24, 2.45) is 4.99 Å². The summed E-state index contributed by atoms with van der Waals surface area (Å²) in [5.41, 5.74) is 1.95. The lowest BCUT2D eigenvalue weighted by atomic mass is 10.1. The lowest BCUT2D eigenvalue weighted by Gasteiger charge is -2.32. The number of carbonyl (C=O) groups excluding carboxylic acids is 1. The fourth-order valence-electron chi connectivity index (χ4n) is 3.70. The van der Waals surface area contributed by atoms with Gasteiger partial charge in [0.2, 0.25) is 12.7 Å². The van der Waals surface area contributed by atoms with Crippen LogP contribution in [0.5, 0.6) is 17.2 Å². The highest BCUT2D eigenvalue weighted by atomic mass is 35.5. The molecular formula is C24H21ClN4O5. The zero-order valence-corrected chi connectivity index (χ0v) is 19.2. The Kier molecular flexibility index (Phi) is 5.85. The largest absolute Gasteiger partial charge is 0.465 e. The number of imidazole rings is 1. The summed E-state index contributed by atoms with van der Waals surface area (Å²) in [6.45, 7) is 0.203. The number of carbonyl (C=O) groups is 1. The van der Waals surface area contributed by atoms with Crippen molar-refractivity contribution in [3.63, 3.8) is 0 Å². The number of halogens is 1. The number of ether oxygens (including phenoxy) is 4. The molecule has 1 atom stereocenters. The molecule has 0 radical (unpaired) electrons. The third-order valence-electron chi connectivity index (χ3n) is 5.54. The number of methoxy groups -OCH3 is 1. The average Bonchev–Trinajstić information content (AvgIpc) is 3.55. The van der Waals surface area contributed by atoms with E-state index in [4.69, 9.17) is 35.5 Å². The minimum atomic E-state index is -0.632. The van der Waals surface area contributed by atoms with Crippen molar-refractivity contribution in [1.29, 1.82) is 0 Å². The van der Waals surface area contributed by atoms with Crippen LogP contribution in [-0.4, -0.2) is 53.4 Å². The Balaban J connectivity index is 1.43. The minimum Gasteiger partial charge on any atom is -0.465 e. The van der Waals surface area contributed by atoms with Crippen LogP contribution in [0.3, 0.4) is 0 Å². The summed E-state index contributed by atoms with van der Waals surface area (Å²) in [4.78, 5) is 23.0. The van der Waals surface area contributed by atoms with Crippen LogP contribution in [-0.2, 0) is 16.0 Å². The van der Waals surface area contributed by atoms with Gasteiger partial charge in [-0.2, -0.15) is 0 Å². The van der Waals surface area contributed by atoms with E-state index in [1.54, 1.807) is 36.6 Å². The van der Waals surface area contributed by atoms with Crippen molar-refractivity contribution in [3.05, 3.63) is 77.5 Å². The molecule has 174 valence electrons. The highest BCUT2D eigenvalue weighted by Gasteiger charge is 2.34. The molecule has 0 N–H and O–H groups in total. The molecule has 3 aromatic rings. The molecule has 0 spiro atoms. The van der Waals surface area contributed by atoms with Crippen LogP contribution >= 0.6 is 11.6 Å². The smallest absolute Gasteiger partial charge is 0.346 e. The number of hydrogen-bond acceptors (Lipinski definition) is 8. The van der Waals surface area contributed by atoms with Gasteiger partial charge in [0.25, 0.3) is 0 Å². The molecule has 0 fully saturated rings. The number of esters is 1. The third kappa shape index (κ3) is 4.17. The first kappa shape index (κ1) is 21.8. The first-order valence-electron chi connectivity index (χ1n) is 10.5. The molecule has 9 nitrogen and oxygen atoms in total. The molecule has 0 bridgehead atoms. The van der Waals surface area contributed by atoms with E-state index >= 15 is 0 Å². The Morgan fingerprint density at radius 2 is 1.97 bits per heavy atom. The van der Waals surface area contributed by atoms with Crippen LogP contribution in [0.15, 0.2) is 76.9 Å². The molecule has 3 heterocycles. The van der Waals surface area contributed by atoms with Crippen LogP contribution in [0.2, 0.25) is 0 Å². The van der Waals surface area contributed by atoms with Crippen LogP contribution in [0.4, 0.5) is 0 Å². The van der Waals surface area contributed by atoms with Gasteiger partial charge in [-0.1, -0.05) is 17.7 Å². The van der Waals surface area contributed by atoms with E-state index in [-0.39, 0.29) is 23.4 Å². The second-order valence-corrected chi connectivity index (χ2v) is 8.00. The van der Waals surface area contributed by atoms with E-state index in [9.17, 15) is 4.79 Å². The highest BCUT2D eigenvalue weighted by Crippen LogP contribution is 2.34.